The summed E-state index contributed by atoms with van der Waals surface area (Å²) in [4.78, 5) is 14.9. The molecule has 0 atom stereocenters. The van der Waals surface area contributed by atoms with Crippen LogP contribution < -0.4 is 10.1 Å². The number of halogens is 5. The molecule has 0 saturated carbocycles. The van der Waals surface area contributed by atoms with Crippen LogP contribution in [0.3, 0.4) is 0 Å². The van der Waals surface area contributed by atoms with E-state index in [0.717, 1.165) is 17.5 Å². The fourth-order valence-electron chi connectivity index (χ4n) is 1.22. The van der Waals surface area contributed by atoms with E-state index in [-0.39, 0.29) is 9.47 Å². The van der Waals surface area contributed by atoms with Crippen LogP contribution in [0, 0.1) is 11.6 Å². The maximum Gasteiger partial charge on any atom is 0.482 e. The van der Waals surface area contributed by atoms with Crippen LogP contribution in [0.15, 0.2) is 24.4 Å². The zero-order valence-electron chi connectivity index (χ0n) is 9.87. The van der Waals surface area contributed by atoms with Gasteiger partial charge in [0.25, 0.3) is 0 Å². The van der Waals surface area contributed by atoms with Gasteiger partial charge in [0, 0.05) is 6.07 Å². The molecule has 4 nitrogen and oxygen atoms in total. The van der Waals surface area contributed by atoms with Gasteiger partial charge in [0.2, 0.25) is 0 Å². The molecule has 1 N–H and O–H groups in total. The molecule has 1 aromatic heterocycles. The summed E-state index contributed by atoms with van der Waals surface area (Å²) in [6, 6.07) is 1.71. The summed E-state index contributed by atoms with van der Waals surface area (Å²) in [5, 5.41) is 1.59. The van der Waals surface area contributed by atoms with E-state index >= 15 is 0 Å². The number of hydrogen-bond donors (Lipinski definition) is 1. The van der Waals surface area contributed by atoms with Gasteiger partial charge in [0.1, 0.15) is 10.2 Å². The van der Waals surface area contributed by atoms with Crippen molar-refractivity contribution in [2.45, 2.75) is 6.11 Å². The third-order valence-electron chi connectivity index (χ3n) is 2.09. The Labute approximate surface area is 124 Å². The number of carbonyl (C=O) groups excluding carboxylic acids is 1. The first-order valence-corrected chi connectivity index (χ1v) is 6.42. The summed E-state index contributed by atoms with van der Waals surface area (Å²) in [6.45, 7) is 0. The maximum atomic E-state index is 13.5. The van der Waals surface area contributed by atoms with Gasteiger partial charge in [0.15, 0.2) is 16.7 Å². The summed E-state index contributed by atoms with van der Waals surface area (Å²) >= 11 is 6.28. The van der Waals surface area contributed by atoms with Crippen LogP contribution in [0.1, 0.15) is 0 Å². The van der Waals surface area contributed by atoms with Crippen LogP contribution >= 0.6 is 22.9 Å². The van der Waals surface area contributed by atoms with Crippen LogP contribution in [-0.2, 0) is 4.79 Å². The number of hydrogen-bond acceptors (Lipinski definition) is 4. The first-order chi connectivity index (χ1) is 9.78. The summed E-state index contributed by atoms with van der Waals surface area (Å²) in [5.74, 6) is -5.16. The van der Waals surface area contributed by atoms with Crippen LogP contribution in [0.5, 0.6) is 5.75 Å². The summed E-state index contributed by atoms with van der Waals surface area (Å²) in [5.41, 5.74) is 0. The molecule has 0 bridgehead atoms. The van der Waals surface area contributed by atoms with E-state index in [1.807, 2.05) is 0 Å². The van der Waals surface area contributed by atoms with Crippen LogP contribution in [0.25, 0.3) is 0 Å². The normalized spacial score (nSPS) is 11.3. The largest absolute Gasteiger partial charge is 0.482 e. The average Bonchev–Trinajstić information content (AvgIpc) is 2.78. The highest BCUT2D eigenvalue weighted by Crippen LogP contribution is 2.28. The number of nitrogens with zero attached hydrogens (tertiary/aromatic N) is 1. The number of benzene rings is 1. The Morgan fingerprint density at radius 3 is 2.67 bits per heavy atom. The first kappa shape index (κ1) is 15.5. The minimum Gasteiger partial charge on any atom is -0.422 e. The minimum atomic E-state index is -4.38. The molecule has 21 heavy (non-hydrogen) atoms. The Kier molecular flexibility index (Phi) is 4.33. The molecule has 0 unspecified atom stereocenters. The number of amides is 1. The lowest BCUT2D eigenvalue weighted by Gasteiger charge is -2.16. The van der Waals surface area contributed by atoms with Crippen molar-refractivity contribution in [2.75, 3.05) is 5.32 Å². The highest BCUT2D eigenvalue weighted by Gasteiger charge is 2.43. The van der Waals surface area contributed by atoms with Crippen molar-refractivity contribution < 1.29 is 27.1 Å². The second-order valence-electron chi connectivity index (χ2n) is 3.62. The molecule has 1 aromatic carbocycles. The van der Waals surface area contributed by atoms with Gasteiger partial charge in [-0.05, 0) is 12.1 Å². The monoisotopic (exact) mass is 340 g/mol. The zero-order valence-corrected chi connectivity index (χ0v) is 11.4. The van der Waals surface area contributed by atoms with E-state index in [9.17, 15) is 22.4 Å². The molecular formula is C11H5ClF4N2O2S. The van der Waals surface area contributed by atoms with E-state index < -0.39 is 29.4 Å². The van der Waals surface area contributed by atoms with Gasteiger partial charge in [-0.25, -0.2) is 13.8 Å². The van der Waals surface area contributed by atoms with Gasteiger partial charge in [-0.2, -0.15) is 8.78 Å². The Morgan fingerprint density at radius 1 is 1.38 bits per heavy atom. The maximum absolute atomic E-state index is 13.5. The molecule has 1 heterocycles. The molecule has 0 aliphatic carbocycles. The lowest BCUT2D eigenvalue weighted by molar-refractivity contribution is -0.187. The molecule has 2 aromatic rings. The number of aromatic nitrogens is 1. The topological polar surface area (TPSA) is 51.2 Å². The summed E-state index contributed by atoms with van der Waals surface area (Å²) < 4.78 is 57.1. The molecule has 10 heteroatoms. The number of carbonyl (C=O) groups is 1. The smallest absolute Gasteiger partial charge is 0.422 e. The number of alkyl halides is 2. The fourth-order valence-corrected chi connectivity index (χ4v) is 2.03. The van der Waals surface area contributed by atoms with Crippen LogP contribution in [0.2, 0.25) is 4.34 Å². The Balaban J connectivity index is 2.11. The Morgan fingerprint density at radius 2 is 2.10 bits per heavy atom. The molecule has 0 aliphatic rings. The number of ether oxygens (including phenoxy) is 1. The molecule has 0 fully saturated rings. The van der Waals surface area contributed by atoms with Crippen LogP contribution in [0.4, 0.5) is 22.7 Å². The fraction of sp³-hybridized carbons (Fsp3) is 0.0909. The van der Waals surface area contributed by atoms with E-state index in [2.05, 4.69) is 9.72 Å². The lowest BCUT2D eigenvalue weighted by Crippen LogP contribution is -2.40. The van der Waals surface area contributed by atoms with Crippen molar-refractivity contribution in [1.29, 1.82) is 0 Å². The Bertz CT molecular complexity index is 680. The molecule has 0 radical (unpaired) electrons. The third-order valence-corrected chi connectivity index (χ3v) is 3.12. The van der Waals surface area contributed by atoms with E-state index in [0.29, 0.717) is 18.2 Å². The van der Waals surface area contributed by atoms with Gasteiger partial charge in [-0.3, -0.25) is 10.1 Å². The van der Waals surface area contributed by atoms with Crippen molar-refractivity contribution in [1.82, 2.24) is 4.98 Å². The molecule has 0 spiro atoms. The predicted octanol–water partition coefficient (Wildman–Crippen LogP) is 3.69. The Hall–Kier alpha value is -1.87. The van der Waals surface area contributed by atoms with E-state index in [1.165, 1.54) is 0 Å². The molecule has 112 valence electrons. The van der Waals surface area contributed by atoms with Gasteiger partial charge in [0.05, 0.1) is 6.20 Å². The lowest BCUT2D eigenvalue weighted by atomic mass is 10.3. The van der Waals surface area contributed by atoms with E-state index in [1.54, 1.807) is 5.32 Å². The molecule has 0 aliphatic heterocycles. The zero-order chi connectivity index (χ0) is 15.6. The van der Waals surface area contributed by atoms with Crippen molar-refractivity contribution in [3.63, 3.8) is 0 Å². The number of anilines is 1. The van der Waals surface area contributed by atoms with Crippen molar-refractivity contribution in [3.05, 3.63) is 40.4 Å². The van der Waals surface area contributed by atoms with Crippen molar-refractivity contribution in [3.8, 4) is 5.75 Å². The van der Waals surface area contributed by atoms with Gasteiger partial charge < -0.3 is 4.74 Å². The molecule has 0 saturated heterocycles. The van der Waals surface area contributed by atoms with E-state index in [4.69, 9.17) is 11.6 Å². The number of thiazole rings is 1. The summed E-state index contributed by atoms with van der Waals surface area (Å²) in [7, 11) is 0. The van der Waals surface area contributed by atoms with Gasteiger partial charge >= 0.3 is 12.0 Å². The third kappa shape index (κ3) is 3.82. The molecule has 2 rings (SSSR count). The molecular weight excluding hydrogens is 336 g/mol. The SMILES string of the molecule is O=C(Nc1ncc(Cl)s1)C(F)(F)Oc1ccc(F)cc1F. The second kappa shape index (κ2) is 5.86. The predicted molar refractivity (Wildman–Crippen MR) is 67.7 cm³/mol. The van der Waals surface area contributed by atoms with Gasteiger partial charge in [-0.15, -0.1) is 0 Å². The number of rotatable bonds is 4. The highest BCUT2D eigenvalue weighted by atomic mass is 35.5. The van der Waals surface area contributed by atoms with Gasteiger partial charge in [-0.1, -0.05) is 22.9 Å². The summed E-state index contributed by atoms with van der Waals surface area (Å²) in [6.07, 6.45) is -3.22. The average molecular weight is 341 g/mol. The quantitative estimate of drug-likeness (QED) is 0.864. The van der Waals surface area contributed by atoms with Crippen molar-refractivity contribution in [2.24, 2.45) is 0 Å². The van der Waals surface area contributed by atoms with Crippen molar-refractivity contribution >= 4 is 34.0 Å². The number of nitrogens with one attached hydrogen (secondary N) is 1. The first-order valence-electron chi connectivity index (χ1n) is 5.22. The molecule has 1 amide bonds. The minimum absolute atomic E-state index is 0.173. The second-order valence-corrected chi connectivity index (χ2v) is 5.28. The highest BCUT2D eigenvalue weighted by molar-refractivity contribution is 7.19. The standard InChI is InChI=1S/C11H5ClF4N2O2S/c12-8-4-17-10(21-8)18-9(19)11(15,16)20-7-2-1-5(13)3-6(7)14/h1-4H,(H,17,18,19). The van der Waals surface area contributed by atoms with Crippen LogP contribution in [-0.4, -0.2) is 17.0 Å².